The molecule has 88 valence electrons. The first-order valence-corrected chi connectivity index (χ1v) is 6.93. The molecule has 0 atom stereocenters. The molecule has 0 amide bonds. The molecule has 0 bridgehead atoms. The molecule has 0 unspecified atom stereocenters. The Morgan fingerprint density at radius 2 is 1.47 bits per heavy atom. The van der Waals surface area contributed by atoms with E-state index in [4.69, 9.17) is 0 Å². The molecule has 0 saturated heterocycles. The molecular formula is C15H16BrN. The van der Waals surface area contributed by atoms with Crippen LogP contribution in [0.25, 0.3) is 11.1 Å². The quantitative estimate of drug-likeness (QED) is 0.501. The maximum absolute atomic E-state index is 3.35. The summed E-state index contributed by atoms with van der Waals surface area (Å²) in [6.45, 7) is 1.01. The SMILES string of the molecule is BrCNCCc1ccc(-c2ccccc2)cc1. The molecule has 2 rings (SSSR count). The van der Waals surface area contributed by atoms with Crippen LogP contribution in [0.2, 0.25) is 0 Å². The van der Waals surface area contributed by atoms with Crippen LogP contribution in [-0.2, 0) is 6.42 Å². The van der Waals surface area contributed by atoms with Gasteiger partial charge in [-0.3, -0.25) is 0 Å². The second kappa shape index (κ2) is 6.58. The van der Waals surface area contributed by atoms with E-state index in [1.165, 1.54) is 16.7 Å². The molecule has 0 heterocycles. The van der Waals surface area contributed by atoms with Crippen LogP contribution in [0.4, 0.5) is 0 Å². The van der Waals surface area contributed by atoms with Gasteiger partial charge in [0, 0.05) is 0 Å². The molecule has 0 aliphatic rings. The van der Waals surface area contributed by atoms with Crippen LogP contribution in [0, 0.1) is 0 Å². The minimum absolute atomic E-state index is 0.856. The van der Waals surface area contributed by atoms with E-state index in [-0.39, 0.29) is 0 Å². The third kappa shape index (κ3) is 3.69. The zero-order chi connectivity index (χ0) is 11.9. The van der Waals surface area contributed by atoms with E-state index >= 15 is 0 Å². The number of hydrogen-bond donors (Lipinski definition) is 1. The summed E-state index contributed by atoms with van der Waals surface area (Å²) in [5.74, 6) is 0. The van der Waals surface area contributed by atoms with Gasteiger partial charge in [0.1, 0.15) is 0 Å². The largest absolute Gasteiger partial charge is 0.307 e. The van der Waals surface area contributed by atoms with Gasteiger partial charge in [0.25, 0.3) is 0 Å². The van der Waals surface area contributed by atoms with Crippen LogP contribution >= 0.6 is 15.9 Å². The molecule has 0 spiro atoms. The normalized spacial score (nSPS) is 10.4. The summed E-state index contributed by atoms with van der Waals surface area (Å²) in [5.41, 5.74) is 4.79. The van der Waals surface area contributed by atoms with Gasteiger partial charge >= 0.3 is 0 Å². The predicted octanol–water partition coefficient (Wildman–Crippen LogP) is 3.84. The first-order chi connectivity index (χ1) is 8.40. The Morgan fingerprint density at radius 3 is 2.12 bits per heavy atom. The zero-order valence-electron chi connectivity index (χ0n) is 9.70. The molecule has 0 aromatic heterocycles. The maximum Gasteiger partial charge on any atom is 0.0517 e. The molecule has 2 heteroatoms. The average molecular weight is 290 g/mol. The highest BCUT2D eigenvalue weighted by Crippen LogP contribution is 2.19. The van der Waals surface area contributed by atoms with E-state index in [1.54, 1.807) is 0 Å². The molecular weight excluding hydrogens is 274 g/mol. The maximum atomic E-state index is 3.35. The summed E-state index contributed by atoms with van der Waals surface area (Å²) in [5, 5.41) is 3.26. The molecule has 0 fully saturated rings. The van der Waals surface area contributed by atoms with Gasteiger partial charge in [0.15, 0.2) is 0 Å². The standard InChI is InChI=1S/C15H16BrN/c16-12-17-11-10-13-6-8-15(9-7-13)14-4-2-1-3-5-14/h1-9,17H,10-12H2. The van der Waals surface area contributed by atoms with E-state index in [2.05, 4.69) is 69.8 Å². The Bertz CT molecular complexity index is 436. The minimum Gasteiger partial charge on any atom is -0.307 e. The van der Waals surface area contributed by atoms with Gasteiger partial charge in [0.2, 0.25) is 0 Å². The van der Waals surface area contributed by atoms with Crippen LogP contribution in [-0.4, -0.2) is 12.0 Å². The number of benzene rings is 2. The van der Waals surface area contributed by atoms with Gasteiger partial charge in [-0.25, -0.2) is 0 Å². The van der Waals surface area contributed by atoms with Crippen molar-refractivity contribution in [2.45, 2.75) is 6.42 Å². The molecule has 0 saturated carbocycles. The lowest BCUT2D eigenvalue weighted by molar-refractivity contribution is 0.779. The first-order valence-electron chi connectivity index (χ1n) is 5.81. The van der Waals surface area contributed by atoms with Crippen LogP contribution in [0.15, 0.2) is 54.6 Å². The fourth-order valence-electron chi connectivity index (χ4n) is 1.79. The van der Waals surface area contributed by atoms with Crippen molar-refractivity contribution < 1.29 is 0 Å². The fourth-order valence-corrected chi connectivity index (χ4v) is 2.07. The fraction of sp³-hybridized carbons (Fsp3) is 0.200. The number of nitrogens with one attached hydrogen (secondary N) is 1. The van der Waals surface area contributed by atoms with Crippen molar-refractivity contribution in [1.82, 2.24) is 5.32 Å². The second-order valence-corrected chi connectivity index (χ2v) is 4.51. The van der Waals surface area contributed by atoms with Gasteiger partial charge in [0.05, 0.1) is 5.45 Å². The molecule has 2 aromatic carbocycles. The predicted molar refractivity (Wildman–Crippen MR) is 77.4 cm³/mol. The lowest BCUT2D eigenvalue weighted by Gasteiger charge is -2.04. The molecule has 0 radical (unpaired) electrons. The average Bonchev–Trinajstić information content (AvgIpc) is 2.41. The van der Waals surface area contributed by atoms with Crippen LogP contribution in [0.3, 0.4) is 0 Å². The number of hydrogen-bond acceptors (Lipinski definition) is 1. The monoisotopic (exact) mass is 289 g/mol. The van der Waals surface area contributed by atoms with Crippen LogP contribution in [0.5, 0.6) is 0 Å². The molecule has 2 aromatic rings. The van der Waals surface area contributed by atoms with Crippen molar-refractivity contribution in [2.75, 3.05) is 12.0 Å². The number of halogens is 1. The molecule has 1 nitrogen and oxygen atoms in total. The summed E-state index contributed by atoms with van der Waals surface area (Å²) in [4.78, 5) is 0. The van der Waals surface area contributed by atoms with Crippen molar-refractivity contribution in [3.8, 4) is 11.1 Å². The lowest BCUT2D eigenvalue weighted by atomic mass is 10.0. The topological polar surface area (TPSA) is 12.0 Å². The Balaban J connectivity index is 2.03. The second-order valence-electron chi connectivity index (χ2n) is 3.95. The first kappa shape index (κ1) is 12.3. The molecule has 0 aliphatic carbocycles. The molecule has 0 aliphatic heterocycles. The summed E-state index contributed by atoms with van der Waals surface area (Å²) >= 11 is 3.35. The smallest absolute Gasteiger partial charge is 0.0517 e. The van der Waals surface area contributed by atoms with Gasteiger partial charge < -0.3 is 5.32 Å². The minimum atomic E-state index is 0.856. The van der Waals surface area contributed by atoms with E-state index in [1.807, 2.05) is 6.07 Å². The highest BCUT2D eigenvalue weighted by molar-refractivity contribution is 9.09. The van der Waals surface area contributed by atoms with Gasteiger partial charge in [-0.2, -0.15) is 0 Å². The third-order valence-electron chi connectivity index (χ3n) is 2.75. The van der Waals surface area contributed by atoms with Gasteiger partial charge in [-0.15, -0.1) is 0 Å². The molecule has 17 heavy (non-hydrogen) atoms. The summed E-state index contributed by atoms with van der Waals surface area (Å²) in [6, 6.07) is 19.3. The highest BCUT2D eigenvalue weighted by Gasteiger charge is 1.97. The number of alkyl halides is 1. The Hall–Kier alpha value is -1.12. The van der Waals surface area contributed by atoms with Crippen molar-refractivity contribution in [3.05, 3.63) is 60.2 Å². The van der Waals surface area contributed by atoms with Gasteiger partial charge in [-0.05, 0) is 29.7 Å². The highest BCUT2D eigenvalue weighted by atomic mass is 79.9. The van der Waals surface area contributed by atoms with E-state index in [9.17, 15) is 0 Å². The van der Waals surface area contributed by atoms with Crippen molar-refractivity contribution in [2.24, 2.45) is 0 Å². The van der Waals surface area contributed by atoms with E-state index in [0.717, 1.165) is 18.4 Å². The van der Waals surface area contributed by atoms with Crippen molar-refractivity contribution in [1.29, 1.82) is 0 Å². The summed E-state index contributed by atoms with van der Waals surface area (Å²) < 4.78 is 0. The van der Waals surface area contributed by atoms with E-state index in [0.29, 0.717) is 0 Å². The Labute approximate surface area is 111 Å². The third-order valence-corrected chi connectivity index (χ3v) is 3.14. The van der Waals surface area contributed by atoms with Crippen molar-refractivity contribution in [3.63, 3.8) is 0 Å². The van der Waals surface area contributed by atoms with Crippen LogP contribution in [0.1, 0.15) is 5.56 Å². The van der Waals surface area contributed by atoms with Gasteiger partial charge in [-0.1, -0.05) is 70.5 Å². The lowest BCUT2D eigenvalue weighted by Crippen LogP contribution is -2.14. The van der Waals surface area contributed by atoms with Crippen LogP contribution < -0.4 is 5.32 Å². The molecule has 1 N–H and O–H groups in total. The summed E-state index contributed by atoms with van der Waals surface area (Å²) in [7, 11) is 0. The number of rotatable bonds is 5. The van der Waals surface area contributed by atoms with Crippen molar-refractivity contribution >= 4 is 15.9 Å². The van der Waals surface area contributed by atoms with E-state index < -0.39 is 0 Å². The summed E-state index contributed by atoms with van der Waals surface area (Å²) in [6.07, 6.45) is 1.07. The Morgan fingerprint density at radius 1 is 0.824 bits per heavy atom. The Kier molecular flexibility index (Phi) is 4.77. The zero-order valence-corrected chi connectivity index (χ0v) is 11.3.